The number of halogens is 2. The number of aromatic nitrogens is 2. The number of hydrogen-bond acceptors (Lipinski definition) is 4. The molecular formula is C18H20ClFN4O. The van der Waals surface area contributed by atoms with Gasteiger partial charge in [-0.15, -0.1) is 0 Å². The van der Waals surface area contributed by atoms with Gasteiger partial charge in [-0.05, 0) is 49.9 Å². The molecule has 1 aliphatic heterocycles. The fourth-order valence-electron chi connectivity index (χ4n) is 3.08. The Morgan fingerprint density at radius 2 is 2.24 bits per heavy atom. The van der Waals surface area contributed by atoms with E-state index in [1.165, 1.54) is 18.2 Å². The molecule has 132 valence electrons. The summed E-state index contributed by atoms with van der Waals surface area (Å²) in [4.78, 5) is 23.2. The van der Waals surface area contributed by atoms with Gasteiger partial charge in [0.25, 0.3) is 5.91 Å². The first-order valence-corrected chi connectivity index (χ1v) is 8.82. The molecule has 3 rings (SSSR count). The van der Waals surface area contributed by atoms with E-state index in [4.69, 9.17) is 11.6 Å². The average molecular weight is 363 g/mol. The quantitative estimate of drug-likeness (QED) is 0.874. The van der Waals surface area contributed by atoms with E-state index in [1.807, 2.05) is 4.90 Å². The Bertz CT molecular complexity index is 770. The van der Waals surface area contributed by atoms with Crippen LogP contribution >= 0.6 is 11.6 Å². The number of anilines is 2. The van der Waals surface area contributed by atoms with Crippen molar-refractivity contribution in [3.05, 3.63) is 47.0 Å². The monoisotopic (exact) mass is 362 g/mol. The van der Waals surface area contributed by atoms with Crippen molar-refractivity contribution in [1.82, 2.24) is 14.9 Å². The first-order valence-electron chi connectivity index (χ1n) is 8.44. The maximum absolute atomic E-state index is 13.2. The molecule has 1 N–H and O–H groups in total. The summed E-state index contributed by atoms with van der Waals surface area (Å²) < 4.78 is 13.2. The van der Waals surface area contributed by atoms with E-state index in [0.717, 1.165) is 32.2 Å². The maximum atomic E-state index is 13.2. The highest BCUT2D eigenvalue weighted by atomic mass is 35.5. The van der Waals surface area contributed by atoms with Gasteiger partial charge >= 0.3 is 0 Å². The molecule has 0 saturated carbocycles. The smallest absolute Gasteiger partial charge is 0.272 e. The first-order chi connectivity index (χ1) is 12.1. The molecular weight excluding hydrogens is 343 g/mol. The van der Waals surface area contributed by atoms with E-state index >= 15 is 0 Å². The van der Waals surface area contributed by atoms with Crippen LogP contribution in [0.4, 0.5) is 16.0 Å². The van der Waals surface area contributed by atoms with Gasteiger partial charge in [0, 0.05) is 24.5 Å². The van der Waals surface area contributed by atoms with Gasteiger partial charge in [0.05, 0.1) is 5.02 Å². The molecule has 7 heteroatoms. The van der Waals surface area contributed by atoms with E-state index in [0.29, 0.717) is 11.4 Å². The van der Waals surface area contributed by atoms with Crippen LogP contribution in [0.1, 0.15) is 43.1 Å². The number of carbonyl (C=O) groups is 1. The fourth-order valence-corrected chi connectivity index (χ4v) is 3.26. The summed E-state index contributed by atoms with van der Waals surface area (Å²) in [5.74, 6) is -0.291. The number of carbonyl (C=O) groups excluding carboxylic acids is 1. The number of likely N-dealkylation sites (tertiary alicyclic amines) is 1. The molecule has 25 heavy (non-hydrogen) atoms. The van der Waals surface area contributed by atoms with Crippen molar-refractivity contribution in [2.45, 2.75) is 38.6 Å². The lowest BCUT2D eigenvalue weighted by molar-refractivity contribution is 0.0602. The lowest BCUT2D eigenvalue weighted by atomic mass is 9.99. The fraction of sp³-hybridized carbons (Fsp3) is 0.389. The second-order valence-electron chi connectivity index (χ2n) is 6.08. The molecule has 2 aromatic rings. The minimum absolute atomic E-state index is 0.0105. The average Bonchev–Trinajstić information content (AvgIpc) is 2.64. The molecule has 1 unspecified atom stereocenters. The summed E-state index contributed by atoms with van der Waals surface area (Å²) in [6.45, 7) is 2.86. The van der Waals surface area contributed by atoms with Crippen molar-refractivity contribution in [3.63, 3.8) is 0 Å². The molecule has 0 aliphatic carbocycles. The highest BCUT2D eigenvalue weighted by molar-refractivity contribution is 6.31. The molecule has 1 atom stereocenters. The number of piperidine rings is 1. The Kier molecular flexibility index (Phi) is 5.48. The van der Waals surface area contributed by atoms with Crippen LogP contribution in [0.3, 0.4) is 0 Å². The molecule has 1 fully saturated rings. The number of rotatable bonds is 4. The van der Waals surface area contributed by atoms with Crippen LogP contribution < -0.4 is 5.32 Å². The minimum Gasteiger partial charge on any atom is -0.334 e. The van der Waals surface area contributed by atoms with E-state index in [9.17, 15) is 9.18 Å². The lowest BCUT2D eigenvalue weighted by Crippen LogP contribution is -2.43. The number of amides is 1. The van der Waals surface area contributed by atoms with E-state index in [2.05, 4.69) is 22.2 Å². The molecule has 2 heterocycles. The number of nitrogens with one attached hydrogen (secondary N) is 1. The van der Waals surface area contributed by atoms with Crippen molar-refractivity contribution >= 4 is 29.1 Å². The molecule has 0 bridgehead atoms. The van der Waals surface area contributed by atoms with Gasteiger partial charge in [0.2, 0.25) is 5.95 Å². The predicted molar refractivity (Wildman–Crippen MR) is 95.7 cm³/mol. The van der Waals surface area contributed by atoms with Gasteiger partial charge in [-0.3, -0.25) is 4.79 Å². The van der Waals surface area contributed by atoms with Crippen LogP contribution in [-0.2, 0) is 0 Å². The van der Waals surface area contributed by atoms with Gasteiger partial charge in [0.15, 0.2) is 0 Å². The van der Waals surface area contributed by atoms with E-state index in [-0.39, 0.29) is 22.9 Å². The van der Waals surface area contributed by atoms with E-state index < -0.39 is 5.82 Å². The third-order valence-corrected chi connectivity index (χ3v) is 4.70. The Morgan fingerprint density at radius 1 is 1.40 bits per heavy atom. The third-order valence-electron chi connectivity index (χ3n) is 4.41. The number of hydrogen-bond donors (Lipinski definition) is 1. The minimum atomic E-state index is -0.493. The van der Waals surface area contributed by atoms with Gasteiger partial charge in [-0.2, -0.15) is 0 Å². The van der Waals surface area contributed by atoms with Crippen molar-refractivity contribution in [1.29, 1.82) is 0 Å². The standard InChI is InChI=1S/C18H20ClFN4O/c1-2-13-5-3-4-10-24(13)17(25)16-8-9-21-18(23-16)22-12-6-7-15(20)14(19)11-12/h6-9,11,13H,2-5,10H2,1H3,(H,21,22,23). The Labute approximate surface area is 151 Å². The van der Waals surface area contributed by atoms with Crippen LogP contribution in [0.5, 0.6) is 0 Å². The molecule has 1 amide bonds. The summed E-state index contributed by atoms with van der Waals surface area (Å²) in [6, 6.07) is 6.14. The topological polar surface area (TPSA) is 58.1 Å². The van der Waals surface area contributed by atoms with Crippen molar-refractivity contribution in [2.24, 2.45) is 0 Å². The second-order valence-corrected chi connectivity index (χ2v) is 6.48. The third kappa shape index (κ3) is 4.07. The van der Waals surface area contributed by atoms with Crippen LogP contribution in [0, 0.1) is 5.82 Å². The van der Waals surface area contributed by atoms with Crippen LogP contribution in [0.15, 0.2) is 30.5 Å². The molecule has 0 spiro atoms. The van der Waals surface area contributed by atoms with Crippen LogP contribution in [0.2, 0.25) is 5.02 Å². The molecule has 1 aliphatic rings. The maximum Gasteiger partial charge on any atom is 0.272 e. The lowest BCUT2D eigenvalue weighted by Gasteiger charge is -2.35. The van der Waals surface area contributed by atoms with Crippen molar-refractivity contribution < 1.29 is 9.18 Å². The largest absolute Gasteiger partial charge is 0.334 e. The number of nitrogens with zero attached hydrogens (tertiary/aromatic N) is 3. The molecule has 0 radical (unpaired) electrons. The molecule has 1 aromatic carbocycles. The van der Waals surface area contributed by atoms with Crippen LogP contribution in [-0.4, -0.2) is 33.4 Å². The summed E-state index contributed by atoms with van der Waals surface area (Å²) in [5.41, 5.74) is 0.909. The zero-order valence-corrected chi connectivity index (χ0v) is 14.8. The van der Waals surface area contributed by atoms with Crippen molar-refractivity contribution in [2.75, 3.05) is 11.9 Å². The SMILES string of the molecule is CCC1CCCCN1C(=O)c1ccnc(Nc2ccc(F)c(Cl)c2)n1. The molecule has 5 nitrogen and oxygen atoms in total. The highest BCUT2D eigenvalue weighted by Gasteiger charge is 2.27. The summed E-state index contributed by atoms with van der Waals surface area (Å²) in [6.07, 6.45) is 5.69. The molecule has 1 aromatic heterocycles. The zero-order chi connectivity index (χ0) is 17.8. The predicted octanol–water partition coefficient (Wildman–Crippen LogP) is 4.42. The normalized spacial score (nSPS) is 17.4. The second kappa shape index (κ2) is 7.78. The Hall–Kier alpha value is -2.21. The summed E-state index contributed by atoms with van der Waals surface area (Å²) >= 11 is 5.78. The van der Waals surface area contributed by atoms with Crippen molar-refractivity contribution in [3.8, 4) is 0 Å². The van der Waals surface area contributed by atoms with Gasteiger partial charge in [-0.25, -0.2) is 14.4 Å². The Balaban J connectivity index is 1.78. The van der Waals surface area contributed by atoms with E-state index in [1.54, 1.807) is 12.3 Å². The van der Waals surface area contributed by atoms with Gasteiger partial charge in [-0.1, -0.05) is 18.5 Å². The summed E-state index contributed by atoms with van der Waals surface area (Å²) in [5, 5.41) is 2.96. The molecule has 1 saturated heterocycles. The van der Waals surface area contributed by atoms with Gasteiger partial charge < -0.3 is 10.2 Å². The zero-order valence-electron chi connectivity index (χ0n) is 14.0. The van der Waals surface area contributed by atoms with Gasteiger partial charge in [0.1, 0.15) is 11.5 Å². The number of benzene rings is 1. The highest BCUT2D eigenvalue weighted by Crippen LogP contribution is 2.23. The first kappa shape index (κ1) is 17.6. The Morgan fingerprint density at radius 3 is 3.00 bits per heavy atom. The van der Waals surface area contributed by atoms with Crippen LogP contribution in [0.25, 0.3) is 0 Å². The summed E-state index contributed by atoms with van der Waals surface area (Å²) in [7, 11) is 0.